The first-order valence-corrected chi connectivity index (χ1v) is 6.55. The van der Waals surface area contributed by atoms with Gasteiger partial charge >= 0.3 is 5.97 Å². The Morgan fingerprint density at radius 2 is 2.00 bits per heavy atom. The molecule has 2 saturated carbocycles. The number of fused-ring (bicyclic) bond motifs is 1. The fourth-order valence-electron chi connectivity index (χ4n) is 3.75. The average molecular weight is 225 g/mol. The number of nitrogens with two attached hydrogens (primary N) is 1. The summed E-state index contributed by atoms with van der Waals surface area (Å²) in [5.41, 5.74) is 5.97. The lowest BCUT2D eigenvalue weighted by Crippen LogP contribution is -2.31. The lowest BCUT2D eigenvalue weighted by Gasteiger charge is -2.27. The van der Waals surface area contributed by atoms with Gasteiger partial charge in [-0.25, -0.2) is 0 Å². The molecule has 3 heteroatoms. The highest BCUT2D eigenvalue weighted by Crippen LogP contribution is 2.54. The number of carbonyl (C=O) groups is 1. The van der Waals surface area contributed by atoms with Gasteiger partial charge in [-0.15, -0.1) is 0 Å². The van der Waals surface area contributed by atoms with Gasteiger partial charge in [-0.05, 0) is 43.6 Å². The minimum atomic E-state index is -0.0621. The van der Waals surface area contributed by atoms with Crippen molar-refractivity contribution in [3.05, 3.63) is 0 Å². The molecule has 0 aromatic carbocycles. The van der Waals surface area contributed by atoms with E-state index in [0.717, 1.165) is 24.7 Å². The Morgan fingerprint density at radius 3 is 2.50 bits per heavy atom. The molecular weight excluding hydrogens is 202 g/mol. The quantitative estimate of drug-likeness (QED) is 0.745. The van der Waals surface area contributed by atoms with Gasteiger partial charge in [0, 0.05) is 0 Å². The van der Waals surface area contributed by atoms with E-state index in [9.17, 15) is 4.79 Å². The van der Waals surface area contributed by atoms with E-state index in [-0.39, 0.29) is 11.4 Å². The van der Waals surface area contributed by atoms with Crippen LogP contribution in [0.5, 0.6) is 0 Å². The largest absolute Gasteiger partial charge is 0.466 e. The molecule has 2 N–H and O–H groups in total. The van der Waals surface area contributed by atoms with Crippen LogP contribution in [0.15, 0.2) is 0 Å². The number of esters is 1. The highest BCUT2D eigenvalue weighted by Gasteiger charge is 2.47. The van der Waals surface area contributed by atoms with Gasteiger partial charge < -0.3 is 10.5 Å². The number of ether oxygens (including phenoxy) is 1. The van der Waals surface area contributed by atoms with Crippen molar-refractivity contribution >= 4 is 5.97 Å². The highest BCUT2D eigenvalue weighted by atomic mass is 16.5. The maximum Gasteiger partial charge on any atom is 0.306 e. The lowest BCUT2D eigenvalue weighted by molar-refractivity contribution is -0.145. The van der Waals surface area contributed by atoms with E-state index < -0.39 is 0 Å². The molecule has 16 heavy (non-hydrogen) atoms. The third-order valence-corrected chi connectivity index (χ3v) is 4.46. The Labute approximate surface area is 97.7 Å². The van der Waals surface area contributed by atoms with E-state index in [4.69, 9.17) is 10.5 Å². The first-order valence-electron chi connectivity index (χ1n) is 6.55. The number of rotatable bonds is 4. The van der Waals surface area contributed by atoms with E-state index >= 15 is 0 Å². The van der Waals surface area contributed by atoms with Crippen molar-refractivity contribution in [1.82, 2.24) is 0 Å². The average Bonchev–Trinajstić information content (AvgIpc) is 2.76. The molecule has 2 rings (SSSR count). The normalized spacial score (nSPS) is 37.4. The smallest absolute Gasteiger partial charge is 0.306 e. The van der Waals surface area contributed by atoms with Crippen LogP contribution >= 0.6 is 0 Å². The van der Waals surface area contributed by atoms with Crippen molar-refractivity contribution in [3.63, 3.8) is 0 Å². The van der Waals surface area contributed by atoms with Gasteiger partial charge in [0.05, 0.1) is 13.0 Å². The summed E-state index contributed by atoms with van der Waals surface area (Å²) in [7, 11) is 0. The molecule has 2 atom stereocenters. The van der Waals surface area contributed by atoms with E-state index in [1.165, 1.54) is 19.3 Å². The number of hydrogen-bond donors (Lipinski definition) is 1. The van der Waals surface area contributed by atoms with E-state index in [1.807, 2.05) is 6.92 Å². The molecular formula is C13H23NO2. The van der Waals surface area contributed by atoms with Crippen LogP contribution in [-0.4, -0.2) is 19.1 Å². The predicted octanol–water partition coefficient (Wildman–Crippen LogP) is 2.09. The second-order valence-electron chi connectivity index (χ2n) is 5.55. The molecule has 0 aromatic heterocycles. The van der Waals surface area contributed by atoms with Crippen molar-refractivity contribution in [2.75, 3.05) is 13.2 Å². The monoisotopic (exact) mass is 225 g/mol. The Balaban J connectivity index is 1.96. The van der Waals surface area contributed by atoms with Crippen LogP contribution < -0.4 is 5.73 Å². The summed E-state index contributed by atoms with van der Waals surface area (Å²) in [5.74, 6) is 1.60. The molecule has 0 bridgehead atoms. The van der Waals surface area contributed by atoms with Crippen molar-refractivity contribution in [3.8, 4) is 0 Å². The molecule has 2 aliphatic rings. The highest BCUT2D eigenvalue weighted by molar-refractivity contribution is 5.70. The van der Waals surface area contributed by atoms with Crippen LogP contribution in [0, 0.1) is 17.3 Å². The van der Waals surface area contributed by atoms with Crippen LogP contribution in [-0.2, 0) is 9.53 Å². The van der Waals surface area contributed by atoms with Crippen molar-refractivity contribution in [1.29, 1.82) is 0 Å². The van der Waals surface area contributed by atoms with Gasteiger partial charge in [-0.2, -0.15) is 0 Å². The topological polar surface area (TPSA) is 52.3 Å². The minimum Gasteiger partial charge on any atom is -0.466 e. The summed E-state index contributed by atoms with van der Waals surface area (Å²) in [4.78, 5) is 11.6. The fraction of sp³-hybridized carbons (Fsp3) is 0.923. The van der Waals surface area contributed by atoms with E-state index in [2.05, 4.69) is 0 Å². The molecule has 3 nitrogen and oxygen atoms in total. The van der Waals surface area contributed by atoms with Gasteiger partial charge in [-0.1, -0.05) is 19.3 Å². The van der Waals surface area contributed by atoms with Crippen molar-refractivity contribution in [2.24, 2.45) is 23.0 Å². The number of hydrogen-bond acceptors (Lipinski definition) is 3. The van der Waals surface area contributed by atoms with Crippen LogP contribution in [0.4, 0.5) is 0 Å². The Bertz CT molecular complexity index is 253. The Hall–Kier alpha value is -0.570. The van der Waals surface area contributed by atoms with Gasteiger partial charge in [0.25, 0.3) is 0 Å². The zero-order chi connectivity index (χ0) is 11.6. The first-order chi connectivity index (χ1) is 7.69. The lowest BCUT2D eigenvalue weighted by atomic mass is 9.80. The molecule has 0 amide bonds. The van der Waals surface area contributed by atoms with E-state index in [0.29, 0.717) is 19.6 Å². The summed E-state index contributed by atoms with van der Waals surface area (Å²) >= 11 is 0. The molecule has 0 spiro atoms. The minimum absolute atomic E-state index is 0.0575. The van der Waals surface area contributed by atoms with Gasteiger partial charge in [-0.3, -0.25) is 4.79 Å². The third kappa shape index (κ3) is 2.24. The molecule has 0 aromatic rings. The zero-order valence-electron chi connectivity index (χ0n) is 10.2. The maximum atomic E-state index is 11.6. The SMILES string of the molecule is CCOC(=O)CC1(CN)CC2CCCC2C1. The molecule has 0 aliphatic heterocycles. The van der Waals surface area contributed by atoms with Crippen LogP contribution in [0.25, 0.3) is 0 Å². The van der Waals surface area contributed by atoms with Gasteiger partial charge in [0.15, 0.2) is 0 Å². The van der Waals surface area contributed by atoms with Crippen molar-refractivity contribution < 1.29 is 9.53 Å². The summed E-state index contributed by atoms with van der Waals surface area (Å²) in [6.07, 6.45) is 6.88. The summed E-state index contributed by atoms with van der Waals surface area (Å²) in [6, 6.07) is 0. The van der Waals surface area contributed by atoms with Crippen LogP contribution in [0.1, 0.15) is 45.4 Å². The van der Waals surface area contributed by atoms with Crippen molar-refractivity contribution in [2.45, 2.75) is 45.4 Å². The molecule has 2 unspecified atom stereocenters. The summed E-state index contributed by atoms with van der Waals surface area (Å²) < 4.78 is 5.06. The standard InChI is InChI=1S/C13H23NO2/c1-2-16-12(15)8-13(9-14)6-10-4-3-5-11(10)7-13/h10-11H,2-9,14H2,1H3. The summed E-state index contributed by atoms with van der Waals surface area (Å²) in [5, 5.41) is 0. The molecule has 0 saturated heterocycles. The second-order valence-corrected chi connectivity index (χ2v) is 5.55. The Morgan fingerprint density at radius 1 is 1.38 bits per heavy atom. The molecule has 0 radical (unpaired) electrons. The summed E-state index contributed by atoms with van der Waals surface area (Å²) in [6.45, 7) is 2.97. The Kier molecular flexibility index (Phi) is 3.53. The fourth-order valence-corrected chi connectivity index (χ4v) is 3.75. The second kappa shape index (κ2) is 4.74. The molecule has 0 heterocycles. The molecule has 92 valence electrons. The first kappa shape index (κ1) is 11.9. The predicted molar refractivity (Wildman–Crippen MR) is 62.8 cm³/mol. The van der Waals surface area contributed by atoms with Gasteiger partial charge in [0.1, 0.15) is 0 Å². The molecule has 2 aliphatic carbocycles. The van der Waals surface area contributed by atoms with Crippen LogP contribution in [0.2, 0.25) is 0 Å². The van der Waals surface area contributed by atoms with Gasteiger partial charge in [0.2, 0.25) is 0 Å². The number of carbonyl (C=O) groups excluding carboxylic acids is 1. The molecule has 2 fully saturated rings. The third-order valence-electron chi connectivity index (χ3n) is 4.46. The zero-order valence-corrected chi connectivity index (χ0v) is 10.2. The maximum absolute atomic E-state index is 11.6. The van der Waals surface area contributed by atoms with E-state index in [1.54, 1.807) is 0 Å². The van der Waals surface area contributed by atoms with Crippen LogP contribution in [0.3, 0.4) is 0 Å².